The van der Waals surface area contributed by atoms with Crippen LogP contribution in [0.15, 0.2) is 34.9 Å². The van der Waals surface area contributed by atoms with Crippen LogP contribution in [-0.4, -0.2) is 5.11 Å². The predicted molar refractivity (Wildman–Crippen MR) is 91.5 cm³/mol. The van der Waals surface area contributed by atoms with Gasteiger partial charge in [0.05, 0.1) is 0 Å². The third-order valence-electron chi connectivity index (χ3n) is 4.16. The minimum Gasteiger partial charge on any atom is -1.00 e. The molecule has 0 aromatic heterocycles. The van der Waals surface area contributed by atoms with Gasteiger partial charge in [-0.05, 0) is 35.6 Å². The van der Waals surface area contributed by atoms with Crippen molar-refractivity contribution in [2.75, 3.05) is 0 Å². The van der Waals surface area contributed by atoms with Gasteiger partial charge in [0.2, 0.25) is 0 Å². The molecule has 3 heteroatoms. The van der Waals surface area contributed by atoms with Crippen molar-refractivity contribution in [3.63, 3.8) is 0 Å². The van der Waals surface area contributed by atoms with Crippen molar-refractivity contribution >= 4 is 0 Å². The SMILES string of the molecule is CC1=[C-]C(C)C(C)=C1C.Cc1cc(O)cc(C(C)(C)C)c1.[Cl-].[Ti]. The van der Waals surface area contributed by atoms with Crippen molar-refractivity contribution < 1.29 is 39.2 Å². The van der Waals surface area contributed by atoms with Gasteiger partial charge < -0.3 is 17.5 Å². The van der Waals surface area contributed by atoms with Crippen molar-refractivity contribution in [1.29, 1.82) is 0 Å². The molecule has 128 valence electrons. The van der Waals surface area contributed by atoms with Gasteiger partial charge in [-0.1, -0.05) is 53.5 Å². The Balaban J connectivity index is 0. The van der Waals surface area contributed by atoms with Gasteiger partial charge in [-0.3, -0.25) is 6.08 Å². The molecular formula is C20H29ClOTi-2. The second-order valence-corrected chi connectivity index (χ2v) is 7.11. The van der Waals surface area contributed by atoms with Crippen molar-refractivity contribution in [1.82, 2.24) is 0 Å². The molecule has 1 aromatic carbocycles. The van der Waals surface area contributed by atoms with E-state index in [4.69, 9.17) is 0 Å². The van der Waals surface area contributed by atoms with E-state index in [1.54, 1.807) is 6.07 Å². The van der Waals surface area contributed by atoms with Crippen molar-refractivity contribution in [3.8, 4) is 5.75 Å². The zero-order chi connectivity index (χ0) is 16.4. The Morgan fingerprint density at radius 1 is 1.00 bits per heavy atom. The summed E-state index contributed by atoms with van der Waals surface area (Å²) in [5, 5.41) is 9.36. The standard InChI is InChI=1S/C11H16O.C9H13.ClH.Ti/c1-8-5-9(11(2,3)4)7-10(12)6-8;1-6-5-7(2)9(4)8(6)3;;/h5-7,12H,1-4H3;6H,1-4H3;1H;/q;-1;;/p-1. The molecule has 0 spiro atoms. The maximum Gasteiger partial charge on any atom is 0.116 e. The fourth-order valence-electron chi connectivity index (χ4n) is 2.36. The average molecular weight is 369 g/mol. The molecule has 0 bridgehead atoms. The van der Waals surface area contributed by atoms with Crippen LogP contribution in [0.5, 0.6) is 5.75 Å². The molecule has 2 rings (SSSR count). The summed E-state index contributed by atoms with van der Waals surface area (Å²) >= 11 is 0. The van der Waals surface area contributed by atoms with E-state index in [-0.39, 0.29) is 39.5 Å². The van der Waals surface area contributed by atoms with Crippen LogP contribution < -0.4 is 12.4 Å². The Bertz CT molecular complexity index is 560. The normalized spacial score (nSPS) is 16.7. The van der Waals surface area contributed by atoms with Gasteiger partial charge >= 0.3 is 0 Å². The molecule has 1 aromatic rings. The monoisotopic (exact) mass is 368 g/mol. The van der Waals surface area contributed by atoms with E-state index >= 15 is 0 Å². The molecule has 0 radical (unpaired) electrons. The molecule has 1 unspecified atom stereocenters. The van der Waals surface area contributed by atoms with Crippen LogP contribution in [0.25, 0.3) is 0 Å². The molecule has 0 amide bonds. The summed E-state index contributed by atoms with van der Waals surface area (Å²) in [4.78, 5) is 0. The first-order valence-corrected chi connectivity index (χ1v) is 7.61. The third-order valence-corrected chi connectivity index (χ3v) is 4.16. The molecule has 1 nitrogen and oxygen atoms in total. The molecule has 0 heterocycles. The van der Waals surface area contributed by atoms with Crippen LogP contribution in [0.4, 0.5) is 0 Å². The molecule has 1 aliphatic rings. The number of rotatable bonds is 0. The minimum atomic E-state index is 0. The van der Waals surface area contributed by atoms with Crippen LogP contribution in [0.3, 0.4) is 0 Å². The van der Waals surface area contributed by atoms with E-state index in [9.17, 15) is 5.11 Å². The summed E-state index contributed by atoms with van der Waals surface area (Å²) < 4.78 is 0. The summed E-state index contributed by atoms with van der Waals surface area (Å²) in [6, 6.07) is 5.71. The Labute approximate surface area is 163 Å². The molecule has 0 aliphatic heterocycles. The summed E-state index contributed by atoms with van der Waals surface area (Å²) in [5.41, 5.74) is 6.65. The van der Waals surface area contributed by atoms with E-state index in [1.807, 2.05) is 13.0 Å². The number of aromatic hydroxyl groups is 1. The zero-order valence-corrected chi connectivity index (χ0v) is 18.0. The number of phenols is 1. The third kappa shape index (κ3) is 7.29. The van der Waals surface area contributed by atoms with Gasteiger partial charge in [0.15, 0.2) is 0 Å². The number of allylic oxidation sites excluding steroid dienone is 4. The number of halogens is 1. The number of hydrogen-bond acceptors (Lipinski definition) is 1. The van der Waals surface area contributed by atoms with Crippen molar-refractivity contribution in [2.24, 2.45) is 5.92 Å². The molecule has 23 heavy (non-hydrogen) atoms. The smallest absolute Gasteiger partial charge is 0.116 e. The summed E-state index contributed by atoms with van der Waals surface area (Å²) in [7, 11) is 0. The zero-order valence-electron chi connectivity index (χ0n) is 15.6. The van der Waals surface area contributed by atoms with E-state index < -0.39 is 0 Å². The number of hydrogen-bond donors (Lipinski definition) is 1. The van der Waals surface area contributed by atoms with Crippen LogP contribution in [-0.2, 0) is 27.1 Å². The van der Waals surface area contributed by atoms with Gasteiger partial charge in [0.1, 0.15) is 5.75 Å². The fraction of sp³-hybridized carbons (Fsp3) is 0.500. The van der Waals surface area contributed by atoms with E-state index in [0.29, 0.717) is 11.7 Å². The van der Waals surface area contributed by atoms with Crippen molar-refractivity contribution in [3.05, 3.63) is 52.1 Å². The van der Waals surface area contributed by atoms with Crippen LogP contribution in [0.1, 0.15) is 59.6 Å². The van der Waals surface area contributed by atoms with Crippen LogP contribution in [0, 0.1) is 18.9 Å². The van der Waals surface area contributed by atoms with E-state index in [2.05, 4.69) is 60.6 Å². The molecular weight excluding hydrogens is 340 g/mol. The van der Waals surface area contributed by atoms with Crippen LogP contribution >= 0.6 is 0 Å². The Morgan fingerprint density at radius 3 is 1.78 bits per heavy atom. The predicted octanol–water partition coefficient (Wildman–Crippen LogP) is 2.72. The van der Waals surface area contributed by atoms with Gasteiger partial charge in [0, 0.05) is 21.7 Å². The van der Waals surface area contributed by atoms with Crippen molar-refractivity contribution in [2.45, 2.75) is 60.8 Å². The summed E-state index contributed by atoms with van der Waals surface area (Å²) in [6.07, 6.45) is 3.36. The molecule has 0 saturated heterocycles. The second-order valence-electron chi connectivity index (χ2n) is 7.11. The summed E-state index contributed by atoms with van der Waals surface area (Å²) in [6.45, 7) is 17.1. The second kappa shape index (κ2) is 9.72. The quantitative estimate of drug-likeness (QED) is 0.551. The van der Waals surface area contributed by atoms with E-state index in [0.717, 1.165) is 5.56 Å². The molecule has 1 atom stereocenters. The van der Waals surface area contributed by atoms with Gasteiger partial charge in [-0.15, -0.1) is 6.92 Å². The maximum atomic E-state index is 9.36. The first-order chi connectivity index (χ1) is 9.52. The Morgan fingerprint density at radius 2 is 1.52 bits per heavy atom. The molecule has 1 N–H and O–H groups in total. The van der Waals surface area contributed by atoms with Gasteiger partial charge in [-0.25, -0.2) is 5.57 Å². The maximum absolute atomic E-state index is 9.36. The Kier molecular flexibility index (Phi) is 10.5. The topological polar surface area (TPSA) is 20.2 Å². The van der Waals surface area contributed by atoms with Gasteiger partial charge in [-0.2, -0.15) is 11.1 Å². The number of benzene rings is 1. The molecule has 0 saturated carbocycles. The molecule has 1 aliphatic carbocycles. The fourth-order valence-corrected chi connectivity index (χ4v) is 2.36. The average Bonchev–Trinajstić information content (AvgIpc) is 2.55. The number of phenolic OH excluding ortho intramolecular Hbond substituents is 1. The van der Waals surface area contributed by atoms with Gasteiger partial charge in [0.25, 0.3) is 0 Å². The van der Waals surface area contributed by atoms with E-state index in [1.165, 1.54) is 22.3 Å². The molecule has 0 fully saturated rings. The Hall–Kier alpha value is -0.496. The largest absolute Gasteiger partial charge is 1.00 e. The minimum absolute atomic E-state index is 0. The first kappa shape index (κ1) is 24.8. The summed E-state index contributed by atoms with van der Waals surface area (Å²) in [5.74, 6) is 0.921. The first-order valence-electron chi connectivity index (χ1n) is 7.61. The van der Waals surface area contributed by atoms with Crippen LogP contribution in [0.2, 0.25) is 0 Å². The number of aryl methyl sites for hydroxylation is 1.